The Hall–Kier alpha value is -3.55. The number of amides is 1. The molecule has 0 radical (unpaired) electrons. The van der Waals surface area contributed by atoms with Crippen molar-refractivity contribution in [3.63, 3.8) is 0 Å². The smallest absolute Gasteiger partial charge is 0.451 e. The number of benzene rings is 1. The van der Waals surface area contributed by atoms with Crippen LogP contribution in [0, 0.1) is 11.3 Å². The summed E-state index contributed by atoms with van der Waals surface area (Å²) in [5, 5.41) is 13.2. The Balaban J connectivity index is 2.29. The molecule has 2 rings (SSSR count). The Morgan fingerprint density at radius 2 is 2.08 bits per heavy atom. The zero-order valence-electron chi connectivity index (χ0n) is 13.2. The van der Waals surface area contributed by atoms with Crippen LogP contribution in [-0.4, -0.2) is 28.4 Å². The van der Waals surface area contributed by atoms with Gasteiger partial charge in [-0.2, -0.15) is 23.4 Å². The number of alkyl halides is 3. The van der Waals surface area contributed by atoms with Crippen LogP contribution in [0.3, 0.4) is 0 Å². The number of halogens is 3. The summed E-state index contributed by atoms with van der Waals surface area (Å²) in [5.41, 5.74) is 0.530. The number of aromatic nitrogens is 2. The fourth-order valence-corrected chi connectivity index (χ4v) is 1.91. The van der Waals surface area contributed by atoms with E-state index in [0.717, 1.165) is 13.4 Å². The maximum atomic E-state index is 12.5. The lowest BCUT2D eigenvalue weighted by Crippen LogP contribution is -2.32. The van der Waals surface area contributed by atoms with Crippen molar-refractivity contribution >= 4 is 6.09 Å². The van der Waals surface area contributed by atoms with Gasteiger partial charge < -0.3 is 14.1 Å². The van der Waals surface area contributed by atoms with Gasteiger partial charge in [0.25, 0.3) is 0 Å². The molecule has 1 heterocycles. The van der Waals surface area contributed by atoms with Crippen LogP contribution in [0.1, 0.15) is 17.5 Å². The largest absolute Gasteiger partial charge is 0.471 e. The van der Waals surface area contributed by atoms with E-state index in [9.17, 15) is 23.2 Å². The molecule has 0 aliphatic carbocycles. The quantitative estimate of drug-likeness (QED) is 0.588. The van der Waals surface area contributed by atoms with Crippen molar-refractivity contribution in [2.75, 3.05) is 7.11 Å². The molecule has 136 valence electrons. The van der Waals surface area contributed by atoms with Crippen LogP contribution in [0.2, 0.25) is 0 Å². The number of rotatable bonds is 5. The number of carbonyl (C=O) groups excluding carboxylic acids is 1. The van der Waals surface area contributed by atoms with E-state index in [-0.39, 0.29) is 11.4 Å². The first-order chi connectivity index (χ1) is 12.3. The van der Waals surface area contributed by atoms with Crippen LogP contribution in [0.4, 0.5) is 18.0 Å². The first kappa shape index (κ1) is 18.8. The van der Waals surface area contributed by atoms with Crippen LogP contribution in [-0.2, 0) is 15.8 Å². The molecule has 8 nitrogen and oxygen atoms in total. The van der Waals surface area contributed by atoms with E-state index in [0.29, 0.717) is 10.6 Å². The van der Waals surface area contributed by atoms with Gasteiger partial charge in [0.05, 0.1) is 13.2 Å². The lowest BCUT2D eigenvalue weighted by molar-refractivity contribution is -0.159. The van der Waals surface area contributed by atoms with Gasteiger partial charge in [0.1, 0.15) is 6.26 Å². The Bertz CT molecular complexity index is 827. The molecule has 1 amide bonds. The third kappa shape index (κ3) is 3.92. The number of nitrogens with zero attached hydrogens (tertiary/aromatic N) is 4. The van der Waals surface area contributed by atoms with E-state index in [1.165, 1.54) is 24.3 Å². The maximum absolute atomic E-state index is 12.5. The van der Waals surface area contributed by atoms with Gasteiger partial charge in [-0.15, -0.1) is 5.06 Å². The predicted molar refractivity (Wildman–Crippen MR) is 78.6 cm³/mol. The summed E-state index contributed by atoms with van der Waals surface area (Å²) in [7, 11) is 1.10. The average Bonchev–Trinajstić information content (AvgIpc) is 3.12. The number of nitriles is 1. The third-order valence-corrected chi connectivity index (χ3v) is 3.05. The molecule has 0 N–H and O–H groups in total. The summed E-state index contributed by atoms with van der Waals surface area (Å²) < 4.78 is 46.2. The molecule has 1 unspecified atom stereocenters. The van der Waals surface area contributed by atoms with Gasteiger partial charge in [-0.25, -0.2) is 4.79 Å². The predicted octanol–water partition coefficient (Wildman–Crippen LogP) is 3.46. The Morgan fingerprint density at radius 3 is 2.54 bits per heavy atom. The lowest BCUT2D eigenvalue weighted by Gasteiger charge is -2.23. The highest BCUT2D eigenvalue weighted by atomic mass is 19.4. The van der Waals surface area contributed by atoms with Crippen molar-refractivity contribution < 1.29 is 32.1 Å². The van der Waals surface area contributed by atoms with Crippen molar-refractivity contribution in [3.05, 3.63) is 48.6 Å². The van der Waals surface area contributed by atoms with Crippen LogP contribution < -0.4 is 0 Å². The monoisotopic (exact) mass is 368 g/mol. The summed E-state index contributed by atoms with van der Waals surface area (Å²) in [6.45, 7) is 3.30. The highest BCUT2D eigenvalue weighted by Crippen LogP contribution is 2.30. The van der Waals surface area contributed by atoms with E-state index >= 15 is 0 Å². The van der Waals surface area contributed by atoms with E-state index < -0.39 is 24.2 Å². The Morgan fingerprint density at radius 1 is 1.42 bits per heavy atom. The van der Waals surface area contributed by atoms with Crippen molar-refractivity contribution in [3.8, 4) is 17.5 Å². The molecule has 0 aliphatic rings. The normalized spacial score (nSPS) is 12.0. The first-order valence-corrected chi connectivity index (χ1v) is 6.87. The fourth-order valence-electron chi connectivity index (χ4n) is 1.91. The van der Waals surface area contributed by atoms with Crippen LogP contribution in [0.15, 0.2) is 41.6 Å². The van der Waals surface area contributed by atoms with Crippen LogP contribution >= 0.6 is 0 Å². The molecule has 2 aromatic rings. The molecule has 1 aromatic heterocycles. The molecule has 0 spiro atoms. The lowest BCUT2D eigenvalue weighted by atomic mass is 10.1. The van der Waals surface area contributed by atoms with Gasteiger partial charge in [0.2, 0.25) is 5.82 Å². The molecule has 0 aliphatic heterocycles. The second kappa shape index (κ2) is 7.56. The topological polar surface area (TPSA) is 101 Å². The fraction of sp³-hybridized carbons (Fsp3) is 0.200. The summed E-state index contributed by atoms with van der Waals surface area (Å²) in [6.07, 6.45) is -4.75. The Labute approximate surface area is 145 Å². The number of carbonyl (C=O) groups is 1. The minimum Gasteiger partial charge on any atom is -0.451 e. The van der Waals surface area contributed by atoms with E-state index in [1.807, 2.05) is 6.07 Å². The molecule has 1 atom stereocenters. The van der Waals surface area contributed by atoms with Gasteiger partial charge in [0.15, 0.2) is 6.04 Å². The SMILES string of the molecule is C=CON(C(=O)OC)C(C#N)c1ccc(-c2noc(C(F)(F)F)n2)cc1. The second-order valence-corrected chi connectivity index (χ2v) is 4.64. The average molecular weight is 368 g/mol. The zero-order valence-corrected chi connectivity index (χ0v) is 13.2. The molecule has 26 heavy (non-hydrogen) atoms. The molecule has 11 heteroatoms. The molecule has 0 bridgehead atoms. The highest BCUT2D eigenvalue weighted by molar-refractivity contribution is 5.67. The molecule has 1 aromatic carbocycles. The molecular formula is C15H11F3N4O4. The molecule has 0 saturated heterocycles. The second-order valence-electron chi connectivity index (χ2n) is 4.64. The van der Waals surface area contributed by atoms with E-state index in [1.54, 1.807) is 0 Å². The summed E-state index contributed by atoms with van der Waals surface area (Å²) in [6, 6.07) is 6.20. The number of hydroxylamine groups is 2. The Kier molecular flexibility index (Phi) is 5.46. The van der Waals surface area contributed by atoms with Crippen molar-refractivity contribution in [2.45, 2.75) is 12.2 Å². The highest BCUT2D eigenvalue weighted by Gasteiger charge is 2.38. The van der Waals surface area contributed by atoms with Crippen molar-refractivity contribution in [2.24, 2.45) is 0 Å². The maximum Gasteiger partial charge on any atom is 0.471 e. The number of hydrogen-bond donors (Lipinski definition) is 0. The summed E-state index contributed by atoms with van der Waals surface area (Å²) in [4.78, 5) is 19.9. The number of hydrogen-bond acceptors (Lipinski definition) is 7. The first-order valence-electron chi connectivity index (χ1n) is 6.87. The van der Waals surface area contributed by atoms with Gasteiger partial charge in [-0.1, -0.05) is 36.0 Å². The van der Waals surface area contributed by atoms with Gasteiger partial charge >= 0.3 is 18.2 Å². The van der Waals surface area contributed by atoms with E-state index in [4.69, 9.17) is 4.84 Å². The van der Waals surface area contributed by atoms with E-state index in [2.05, 4.69) is 26.0 Å². The molecule has 0 saturated carbocycles. The van der Waals surface area contributed by atoms with Crippen LogP contribution in [0.5, 0.6) is 0 Å². The summed E-state index contributed by atoms with van der Waals surface area (Å²) >= 11 is 0. The van der Waals surface area contributed by atoms with Gasteiger partial charge in [-0.05, 0) is 5.56 Å². The molecule has 0 fully saturated rings. The van der Waals surface area contributed by atoms with Gasteiger partial charge in [0, 0.05) is 5.56 Å². The summed E-state index contributed by atoms with van der Waals surface area (Å²) in [5.74, 6) is -1.74. The standard InChI is InChI=1S/C15H11F3N4O4/c1-3-25-22(14(23)24-2)11(8-19)9-4-6-10(7-5-9)12-20-13(26-21-12)15(16,17)18/h3-7,11H,1H2,2H3. The number of ether oxygens (including phenoxy) is 1. The molecular weight excluding hydrogens is 357 g/mol. The van der Waals surface area contributed by atoms with Gasteiger partial charge in [-0.3, -0.25) is 0 Å². The third-order valence-electron chi connectivity index (χ3n) is 3.05. The van der Waals surface area contributed by atoms with Crippen LogP contribution in [0.25, 0.3) is 11.4 Å². The zero-order chi connectivity index (χ0) is 19.3. The minimum absolute atomic E-state index is 0.221. The minimum atomic E-state index is -4.75. The van der Waals surface area contributed by atoms with Crippen molar-refractivity contribution in [1.82, 2.24) is 15.2 Å². The number of methoxy groups -OCH3 is 1. The van der Waals surface area contributed by atoms with Crippen molar-refractivity contribution in [1.29, 1.82) is 5.26 Å².